The molecule has 6 rings (SSSR count). The number of aromatic nitrogens is 5. The van der Waals surface area contributed by atoms with Gasteiger partial charge in [-0.2, -0.15) is 15.0 Å². The maximum absolute atomic E-state index is 13.9. The van der Waals surface area contributed by atoms with Gasteiger partial charge in [0.1, 0.15) is 24.6 Å². The maximum atomic E-state index is 13.9. The maximum Gasteiger partial charge on any atom is 0.256 e. The lowest BCUT2D eigenvalue weighted by molar-refractivity contribution is 0.0605. The van der Waals surface area contributed by atoms with Crippen LogP contribution in [-0.4, -0.2) is 55.5 Å². The van der Waals surface area contributed by atoms with Gasteiger partial charge in [-0.15, -0.1) is 0 Å². The van der Waals surface area contributed by atoms with Gasteiger partial charge in [-0.1, -0.05) is 11.6 Å². The quantitative estimate of drug-likeness (QED) is 0.520. The number of aromatic amines is 1. The molecule has 1 atom stereocenters. The van der Waals surface area contributed by atoms with Crippen LogP contribution in [0.5, 0.6) is 11.5 Å². The number of imidazole rings is 1. The Labute approximate surface area is 190 Å². The number of hydrogen-bond donors (Lipinski definition) is 1. The number of fused-ring (bicyclic) bond motifs is 3. The Morgan fingerprint density at radius 1 is 1.12 bits per heavy atom. The van der Waals surface area contributed by atoms with Gasteiger partial charge in [-0.25, -0.2) is 4.98 Å². The smallest absolute Gasteiger partial charge is 0.256 e. The van der Waals surface area contributed by atoms with Gasteiger partial charge in [0.15, 0.2) is 11.5 Å². The normalized spacial score (nSPS) is 19.9. The van der Waals surface area contributed by atoms with E-state index in [1.165, 1.54) is 4.80 Å². The molecule has 1 amide bonds. The third-order valence-electron chi connectivity index (χ3n) is 6.57. The minimum Gasteiger partial charge on any atom is -0.486 e. The third-order valence-corrected chi connectivity index (χ3v) is 6.57. The Morgan fingerprint density at radius 2 is 1.94 bits per heavy atom. The van der Waals surface area contributed by atoms with Gasteiger partial charge in [-0.05, 0) is 51.0 Å². The van der Waals surface area contributed by atoms with Crippen LogP contribution >= 0.6 is 0 Å². The van der Waals surface area contributed by atoms with Crippen LogP contribution in [0.3, 0.4) is 0 Å². The van der Waals surface area contributed by atoms with E-state index in [4.69, 9.17) is 14.5 Å². The molecule has 1 fully saturated rings. The lowest BCUT2D eigenvalue weighted by Crippen LogP contribution is -2.44. The van der Waals surface area contributed by atoms with Crippen LogP contribution < -0.4 is 9.47 Å². The van der Waals surface area contributed by atoms with Gasteiger partial charge in [-0.3, -0.25) is 4.79 Å². The molecule has 1 N–H and O–H groups in total. The molecule has 0 saturated carbocycles. The Hall–Kier alpha value is -3.88. The highest BCUT2D eigenvalue weighted by Gasteiger charge is 2.44. The zero-order valence-electron chi connectivity index (χ0n) is 18.5. The van der Waals surface area contributed by atoms with E-state index in [-0.39, 0.29) is 5.91 Å². The number of H-pyrrole nitrogens is 1. The largest absolute Gasteiger partial charge is 0.486 e. The van der Waals surface area contributed by atoms with E-state index in [1.54, 1.807) is 12.4 Å². The van der Waals surface area contributed by atoms with Crippen molar-refractivity contribution in [2.45, 2.75) is 32.2 Å². The first-order valence-corrected chi connectivity index (χ1v) is 11.1. The summed E-state index contributed by atoms with van der Waals surface area (Å²) in [7, 11) is 0. The molecule has 0 bridgehead atoms. The minimum absolute atomic E-state index is 0.0620. The predicted octanol–water partition coefficient (Wildman–Crippen LogP) is 3.37. The van der Waals surface area contributed by atoms with Crippen molar-refractivity contribution in [2.24, 2.45) is 0 Å². The number of nitrogens with one attached hydrogen (secondary N) is 1. The lowest BCUT2D eigenvalue weighted by atomic mass is 9.96. The molecule has 0 unspecified atom stereocenters. The number of likely N-dealkylation sites (tertiary alicyclic amines) is 1. The molecule has 4 heterocycles. The summed E-state index contributed by atoms with van der Waals surface area (Å²) in [6.45, 7) is 5.71. The molecular formula is C24H24N6O3. The molecule has 2 aromatic carbocycles. The second kappa shape index (κ2) is 7.33. The van der Waals surface area contributed by atoms with Crippen LogP contribution in [0.1, 0.15) is 41.5 Å². The molecule has 1 saturated heterocycles. The Morgan fingerprint density at radius 3 is 2.79 bits per heavy atom. The van der Waals surface area contributed by atoms with Crippen molar-refractivity contribution in [3.8, 4) is 17.2 Å². The average molecular weight is 444 g/mol. The van der Waals surface area contributed by atoms with Crippen molar-refractivity contribution < 1.29 is 14.3 Å². The van der Waals surface area contributed by atoms with Crippen LogP contribution in [-0.2, 0) is 5.54 Å². The number of rotatable bonds is 3. The highest BCUT2D eigenvalue weighted by Crippen LogP contribution is 2.42. The molecule has 0 aliphatic carbocycles. The lowest BCUT2D eigenvalue weighted by Gasteiger charge is -2.34. The van der Waals surface area contributed by atoms with Crippen molar-refractivity contribution in [1.82, 2.24) is 29.9 Å². The molecule has 9 nitrogen and oxygen atoms in total. The van der Waals surface area contributed by atoms with E-state index in [0.717, 1.165) is 35.3 Å². The van der Waals surface area contributed by atoms with Crippen molar-refractivity contribution in [1.29, 1.82) is 0 Å². The molecule has 2 aliphatic rings. The summed E-state index contributed by atoms with van der Waals surface area (Å²) >= 11 is 0. The van der Waals surface area contributed by atoms with Crippen molar-refractivity contribution in [2.75, 3.05) is 19.8 Å². The van der Waals surface area contributed by atoms with Crippen LogP contribution in [0.15, 0.2) is 42.7 Å². The highest BCUT2D eigenvalue weighted by molar-refractivity contribution is 5.98. The molecule has 9 heteroatoms. The van der Waals surface area contributed by atoms with E-state index in [1.807, 2.05) is 42.2 Å². The predicted molar refractivity (Wildman–Crippen MR) is 121 cm³/mol. The van der Waals surface area contributed by atoms with Gasteiger partial charge < -0.3 is 19.4 Å². The van der Waals surface area contributed by atoms with Gasteiger partial charge in [0.05, 0.1) is 34.7 Å². The first-order valence-electron chi connectivity index (χ1n) is 11.1. The van der Waals surface area contributed by atoms with E-state index in [9.17, 15) is 4.79 Å². The molecule has 2 aromatic heterocycles. The van der Waals surface area contributed by atoms with E-state index >= 15 is 0 Å². The third kappa shape index (κ3) is 3.06. The second-order valence-corrected chi connectivity index (χ2v) is 8.74. The van der Waals surface area contributed by atoms with Gasteiger partial charge >= 0.3 is 0 Å². The summed E-state index contributed by atoms with van der Waals surface area (Å²) in [5.41, 5.74) is 3.25. The van der Waals surface area contributed by atoms with Gasteiger partial charge in [0.2, 0.25) is 0 Å². The molecule has 0 radical (unpaired) electrons. The van der Waals surface area contributed by atoms with Crippen LogP contribution in [0.25, 0.3) is 16.7 Å². The number of hydrogen-bond acceptors (Lipinski definition) is 6. The number of carbonyl (C=O) groups is 1. The van der Waals surface area contributed by atoms with E-state index in [2.05, 4.69) is 22.1 Å². The molecule has 2 aliphatic heterocycles. The first-order chi connectivity index (χ1) is 16.0. The Kier molecular flexibility index (Phi) is 4.39. The first kappa shape index (κ1) is 19.8. The Bertz CT molecular complexity index is 1360. The number of carbonyl (C=O) groups excluding carboxylic acids is 1. The topological polar surface area (TPSA) is 98.2 Å². The number of ether oxygens (including phenoxy) is 2. The number of benzene rings is 2. The van der Waals surface area contributed by atoms with E-state index < -0.39 is 5.54 Å². The van der Waals surface area contributed by atoms with Crippen LogP contribution in [0.2, 0.25) is 0 Å². The monoisotopic (exact) mass is 444 g/mol. The molecular weight excluding hydrogens is 420 g/mol. The van der Waals surface area contributed by atoms with Gasteiger partial charge in [0, 0.05) is 6.54 Å². The van der Waals surface area contributed by atoms with Crippen molar-refractivity contribution in [3.63, 3.8) is 0 Å². The summed E-state index contributed by atoms with van der Waals surface area (Å²) in [4.78, 5) is 25.7. The van der Waals surface area contributed by atoms with E-state index in [0.29, 0.717) is 42.5 Å². The zero-order valence-corrected chi connectivity index (χ0v) is 18.5. The summed E-state index contributed by atoms with van der Waals surface area (Å²) < 4.78 is 11.6. The summed E-state index contributed by atoms with van der Waals surface area (Å²) in [6, 6.07) is 9.60. The SMILES string of the molecule is Cc1ccc(-n2nccn2)c(C(=O)N2CCC[C@@]2(C)c2nc3c4c(ccc3[nH]2)OCCO4)c1. The summed E-state index contributed by atoms with van der Waals surface area (Å²) in [5, 5.41) is 8.48. The molecule has 33 heavy (non-hydrogen) atoms. The number of amides is 1. The zero-order chi connectivity index (χ0) is 22.6. The van der Waals surface area contributed by atoms with Crippen LogP contribution in [0.4, 0.5) is 0 Å². The van der Waals surface area contributed by atoms with Crippen molar-refractivity contribution >= 4 is 16.9 Å². The fourth-order valence-electron chi connectivity index (χ4n) is 4.85. The minimum atomic E-state index is -0.586. The highest BCUT2D eigenvalue weighted by atomic mass is 16.6. The molecule has 0 spiro atoms. The number of aryl methyl sites for hydroxylation is 1. The summed E-state index contributed by atoms with van der Waals surface area (Å²) in [5.74, 6) is 2.05. The standard InChI is InChI=1S/C24H24N6O3/c1-15-4-6-18(30-25-9-10-26-30)16(14-15)22(31)29-11-3-8-24(29,2)23-27-17-5-7-19-21(20(17)28-23)33-13-12-32-19/h4-7,9-10,14H,3,8,11-13H2,1-2H3,(H,27,28)/t24-/m0/s1. The fourth-order valence-corrected chi connectivity index (χ4v) is 4.85. The Balaban J connectivity index is 1.42. The van der Waals surface area contributed by atoms with Crippen molar-refractivity contribution in [3.05, 3.63) is 59.7 Å². The van der Waals surface area contributed by atoms with Gasteiger partial charge in [0.25, 0.3) is 5.91 Å². The molecule has 4 aromatic rings. The average Bonchev–Trinajstić information content (AvgIpc) is 3.58. The second-order valence-electron chi connectivity index (χ2n) is 8.74. The van der Waals surface area contributed by atoms with Crippen LogP contribution in [0, 0.1) is 6.92 Å². The fraction of sp³-hybridized carbons (Fsp3) is 0.333. The summed E-state index contributed by atoms with van der Waals surface area (Å²) in [6.07, 6.45) is 4.90. The molecule has 168 valence electrons. The number of nitrogens with zero attached hydrogens (tertiary/aromatic N) is 5.